The van der Waals surface area contributed by atoms with Gasteiger partial charge in [-0.1, -0.05) is 57.7 Å². The molecule has 0 amide bonds. The van der Waals surface area contributed by atoms with Crippen LogP contribution in [-0.4, -0.2) is 11.2 Å². The highest BCUT2D eigenvalue weighted by atomic mass is 79.9. The number of hydrogen-bond donors (Lipinski definition) is 1. The first-order valence-corrected chi connectivity index (χ1v) is 9.02. The standard InChI is InChI=1S/C22H27N3O.BrH/c1-5-14-24-19-8-6-7-9-20(19)25(21(24)23)15-16-26-18-12-10-17(11-13-18)22(2,3)4;/h5-13,23H,1,14-16H2,2-4H3;1H. The number of nitrogens with zero attached hydrogens (tertiary/aromatic N) is 2. The summed E-state index contributed by atoms with van der Waals surface area (Å²) in [5.74, 6) is 1.60. The van der Waals surface area contributed by atoms with E-state index in [4.69, 9.17) is 10.5 Å². The van der Waals surface area contributed by atoms with Crippen LogP contribution in [0.15, 0.2) is 61.2 Å². The van der Waals surface area contributed by atoms with Crippen LogP contribution in [0.2, 0.25) is 0 Å². The summed E-state index contributed by atoms with van der Waals surface area (Å²) in [6, 6.07) is 16.6. The number of imidazole rings is 1. The second-order valence-electron chi connectivity index (χ2n) is 7.52. The molecular formula is C22H28BrN3O. The number of aromatic nitrogens is 2. The van der Waals surface area contributed by atoms with Gasteiger partial charge in [-0.3, -0.25) is 5.73 Å². The highest BCUT2D eigenvalue weighted by molar-refractivity contribution is 5.73. The van der Waals surface area contributed by atoms with Crippen LogP contribution in [0.5, 0.6) is 5.75 Å². The number of allylic oxidation sites excluding steroid dienone is 1. The normalized spacial score (nSPS) is 11.2. The number of fused-ring (bicyclic) bond motifs is 1. The Morgan fingerprint density at radius 3 is 2.41 bits per heavy atom. The van der Waals surface area contributed by atoms with Crippen molar-refractivity contribution >= 4 is 17.0 Å². The summed E-state index contributed by atoms with van der Waals surface area (Å²) in [4.78, 5) is 0. The van der Waals surface area contributed by atoms with E-state index in [1.807, 2.05) is 30.3 Å². The maximum Gasteiger partial charge on any atom is 0.356 e. The number of nitrogens with two attached hydrogens (primary N) is 1. The molecule has 0 bridgehead atoms. The Bertz CT molecular complexity index is 908. The monoisotopic (exact) mass is 429 g/mol. The molecule has 0 fully saturated rings. The Morgan fingerprint density at radius 2 is 1.78 bits per heavy atom. The van der Waals surface area contributed by atoms with Crippen LogP contribution in [0.3, 0.4) is 0 Å². The van der Waals surface area contributed by atoms with Crippen molar-refractivity contribution in [2.45, 2.75) is 39.3 Å². The molecule has 3 rings (SSSR count). The smallest absolute Gasteiger partial charge is 0.356 e. The minimum atomic E-state index is 0. The van der Waals surface area contributed by atoms with E-state index in [1.54, 1.807) is 0 Å². The fourth-order valence-corrected chi connectivity index (χ4v) is 3.18. The number of para-hydroxylation sites is 2. The molecule has 0 radical (unpaired) electrons. The Morgan fingerprint density at radius 1 is 1.11 bits per heavy atom. The van der Waals surface area contributed by atoms with Gasteiger partial charge in [0, 0.05) is 0 Å². The van der Waals surface area contributed by atoms with E-state index in [0.717, 1.165) is 22.7 Å². The average Bonchev–Trinajstić information content (AvgIpc) is 2.88. The van der Waals surface area contributed by atoms with Crippen molar-refractivity contribution in [2.75, 3.05) is 12.3 Å². The van der Waals surface area contributed by atoms with E-state index >= 15 is 0 Å². The molecule has 144 valence electrons. The van der Waals surface area contributed by atoms with Crippen molar-refractivity contribution in [2.24, 2.45) is 0 Å². The topological polar surface area (TPSA) is 44.1 Å². The predicted octanol–water partition coefficient (Wildman–Crippen LogP) is 1.08. The molecule has 4 nitrogen and oxygen atoms in total. The van der Waals surface area contributed by atoms with Gasteiger partial charge >= 0.3 is 5.95 Å². The second-order valence-corrected chi connectivity index (χ2v) is 7.52. The van der Waals surface area contributed by atoms with Gasteiger partial charge in [0.2, 0.25) is 0 Å². The lowest BCUT2D eigenvalue weighted by molar-refractivity contribution is -0.658. The van der Waals surface area contributed by atoms with Crippen LogP contribution in [0, 0.1) is 0 Å². The molecule has 0 aliphatic carbocycles. The second kappa shape index (κ2) is 8.61. The van der Waals surface area contributed by atoms with Gasteiger partial charge in [-0.25, -0.2) is 9.13 Å². The largest absolute Gasteiger partial charge is 1.00 e. The molecule has 3 aromatic rings. The van der Waals surface area contributed by atoms with Crippen molar-refractivity contribution in [3.63, 3.8) is 0 Å². The van der Waals surface area contributed by atoms with Gasteiger partial charge in [0.15, 0.2) is 0 Å². The van der Waals surface area contributed by atoms with Gasteiger partial charge in [0.25, 0.3) is 0 Å². The zero-order valence-corrected chi connectivity index (χ0v) is 17.9. The van der Waals surface area contributed by atoms with Gasteiger partial charge in [-0.2, -0.15) is 0 Å². The summed E-state index contributed by atoms with van der Waals surface area (Å²) < 4.78 is 10.1. The molecule has 0 unspecified atom stereocenters. The Balaban J connectivity index is 0.00000261. The molecule has 0 atom stereocenters. The maximum atomic E-state index is 6.37. The van der Waals surface area contributed by atoms with Crippen molar-refractivity contribution in [1.82, 2.24) is 4.57 Å². The summed E-state index contributed by atoms with van der Waals surface area (Å²) in [6.45, 7) is 12.4. The molecule has 2 aromatic carbocycles. The quantitative estimate of drug-likeness (QED) is 0.470. The minimum absolute atomic E-state index is 0. The zero-order valence-electron chi connectivity index (χ0n) is 16.3. The maximum absolute atomic E-state index is 6.37. The third kappa shape index (κ3) is 4.53. The first-order valence-electron chi connectivity index (χ1n) is 9.02. The molecule has 27 heavy (non-hydrogen) atoms. The van der Waals surface area contributed by atoms with Crippen LogP contribution in [0.4, 0.5) is 5.95 Å². The SMILES string of the molecule is C=CCn1c(N)[n+](CCOc2ccc(C(C)(C)C)cc2)c2ccccc21.[Br-]. The Hall–Kier alpha value is -2.27. The van der Waals surface area contributed by atoms with Gasteiger partial charge < -0.3 is 21.7 Å². The third-order valence-electron chi connectivity index (χ3n) is 4.63. The van der Waals surface area contributed by atoms with E-state index in [0.29, 0.717) is 19.7 Å². The number of anilines is 1. The first-order chi connectivity index (χ1) is 12.4. The van der Waals surface area contributed by atoms with Crippen molar-refractivity contribution < 1.29 is 26.3 Å². The molecule has 1 aromatic heterocycles. The van der Waals surface area contributed by atoms with E-state index in [9.17, 15) is 0 Å². The molecule has 0 spiro atoms. The number of halogens is 1. The number of ether oxygens (including phenoxy) is 1. The zero-order chi connectivity index (χ0) is 18.7. The number of rotatable bonds is 6. The minimum Gasteiger partial charge on any atom is -1.00 e. The van der Waals surface area contributed by atoms with E-state index in [2.05, 4.69) is 60.7 Å². The molecule has 1 heterocycles. The molecule has 0 aliphatic heterocycles. The number of hydrogen-bond acceptors (Lipinski definition) is 2. The summed E-state index contributed by atoms with van der Waals surface area (Å²) in [5, 5.41) is 0. The summed E-state index contributed by atoms with van der Waals surface area (Å²) in [7, 11) is 0. The van der Waals surface area contributed by atoms with Crippen molar-refractivity contribution in [3.8, 4) is 5.75 Å². The van der Waals surface area contributed by atoms with E-state index in [1.165, 1.54) is 5.56 Å². The van der Waals surface area contributed by atoms with Crippen molar-refractivity contribution in [1.29, 1.82) is 0 Å². The van der Waals surface area contributed by atoms with Gasteiger partial charge in [-0.15, -0.1) is 0 Å². The van der Waals surface area contributed by atoms with Gasteiger partial charge in [-0.05, 0) is 35.2 Å². The molecule has 0 saturated carbocycles. The molecular weight excluding hydrogens is 402 g/mol. The fourth-order valence-electron chi connectivity index (χ4n) is 3.18. The summed E-state index contributed by atoms with van der Waals surface area (Å²) in [5.41, 5.74) is 10.0. The highest BCUT2D eigenvalue weighted by Crippen LogP contribution is 2.24. The van der Waals surface area contributed by atoms with E-state index in [-0.39, 0.29) is 22.4 Å². The predicted molar refractivity (Wildman–Crippen MR) is 107 cm³/mol. The van der Waals surface area contributed by atoms with Crippen LogP contribution >= 0.6 is 0 Å². The Kier molecular flexibility index (Phi) is 6.71. The van der Waals surface area contributed by atoms with E-state index < -0.39 is 0 Å². The summed E-state index contributed by atoms with van der Waals surface area (Å²) in [6.07, 6.45) is 1.86. The van der Waals surface area contributed by atoms with Crippen LogP contribution in [0.25, 0.3) is 11.0 Å². The lowest BCUT2D eigenvalue weighted by Gasteiger charge is -2.19. The fraction of sp³-hybridized carbons (Fsp3) is 0.318. The van der Waals surface area contributed by atoms with Gasteiger partial charge in [0.05, 0.1) is 6.54 Å². The van der Waals surface area contributed by atoms with Crippen LogP contribution in [-0.2, 0) is 18.5 Å². The molecule has 0 saturated heterocycles. The van der Waals surface area contributed by atoms with Crippen molar-refractivity contribution in [3.05, 3.63) is 66.7 Å². The first kappa shape index (κ1) is 21.0. The number of benzene rings is 2. The van der Waals surface area contributed by atoms with Crippen LogP contribution < -0.4 is 32.0 Å². The Labute approximate surface area is 172 Å². The summed E-state index contributed by atoms with van der Waals surface area (Å²) >= 11 is 0. The van der Waals surface area contributed by atoms with Gasteiger partial charge in [0.1, 0.15) is 29.9 Å². The lowest BCUT2D eigenvalue weighted by Crippen LogP contribution is -3.00. The van der Waals surface area contributed by atoms with Crippen LogP contribution in [0.1, 0.15) is 26.3 Å². The average molecular weight is 430 g/mol. The molecule has 0 aliphatic rings. The number of nitrogen functional groups attached to an aromatic ring is 1. The third-order valence-corrected chi connectivity index (χ3v) is 4.63. The molecule has 5 heteroatoms. The highest BCUT2D eigenvalue weighted by Gasteiger charge is 2.19. The molecule has 2 N–H and O–H groups in total. The lowest BCUT2D eigenvalue weighted by atomic mass is 9.87.